The van der Waals surface area contributed by atoms with E-state index in [1.54, 1.807) is 11.0 Å². The molecule has 4 rings (SSSR count). The van der Waals surface area contributed by atoms with E-state index in [2.05, 4.69) is 10.1 Å². The molecule has 1 aliphatic heterocycles. The molecule has 0 spiro atoms. The number of nitrogens with zero attached hydrogens (tertiary/aromatic N) is 3. The highest BCUT2D eigenvalue weighted by molar-refractivity contribution is 5.29. The first kappa shape index (κ1) is 13.8. The van der Waals surface area contributed by atoms with Gasteiger partial charge in [-0.2, -0.15) is 5.10 Å². The number of aromatic nitrogens is 3. The lowest BCUT2D eigenvalue weighted by molar-refractivity contribution is -0.290. The normalized spacial score (nSPS) is 30.6. The predicted octanol–water partition coefficient (Wildman–Crippen LogP) is 3.04. The zero-order chi connectivity index (χ0) is 15.2. The van der Waals surface area contributed by atoms with Gasteiger partial charge in [0, 0.05) is 17.5 Å². The molecule has 116 valence electrons. The standard InChI is InChI=1S/C16H17F2N3O/c17-11-5-6-12(14(18)7-11)16(8-21-10-19-9-20-21)13-3-1-2-4-15(13)22-16/h5-7,9-10,13,15H,1-4,8H2. The summed E-state index contributed by atoms with van der Waals surface area (Å²) in [7, 11) is 0. The monoisotopic (exact) mass is 305 g/mol. The van der Waals surface area contributed by atoms with Gasteiger partial charge >= 0.3 is 0 Å². The van der Waals surface area contributed by atoms with Crippen molar-refractivity contribution in [3.8, 4) is 0 Å². The van der Waals surface area contributed by atoms with Gasteiger partial charge in [-0.05, 0) is 18.9 Å². The van der Waals surface area contributed by atoms with E-state index in [4.69, 9.17) is 4.74 Å². The molecular formula is C16H17F2N3O. The summed E-state index contributed by atoms with van der Waals surface area (Å²) in [6, 6.07) is 3.73. The SMILES string of the molecule is Fc1ccc(C2(Cn3cncn3)OC3CCCCC32)c(F)c1. The maximum atomic E-state index is 14.4. The molecule has 1 aromatic carbocycles. The number of halogens is 2. The Balaban J connectivity index is 1.75. The van der Waals surface area contributed by atoms with Crippen molar-refractivity contribution in [2.24, 2.45) is 5.92 Å². The van der Waals surface area contributed by atoms with Crippen LogP contribution in [-0.2, 0) is 16.9 Å². The predicted molar refractivity (Wildman–Crippen MR) is 74.9 cm³/mol. The van der Waals surface area contributed by atoms with Crippen LogP contribution in [0.1, 0.15) is 31.2 Å². The maximum Gasteiger partial charge on any atom is 0.137 e. The fourth-order valence-electron chi connectivity index (χ4n) is 3.95. The highest BCUT2D eigenvalue weighted by atomic mass is 19.1. The van der Waals surface area contributed by atoms with E-state index in [9.17, 15) is 8.78 Å². The average Bonchev–Trinajstić information content (AvgIpc) is 2.98. The van der Waals surface area contributed by atoms with Gasteiger partial charge in [0.2, 0.25) is 0 Å². The minimum atomic E-state index is -0.767. The molecule has 1 aromatic heterocycles. The summed E-state index contributed by atoms with van der Waals surface area (Å²) in [5.41, 5.74) is -0.344. The quantitative estimate of drug-likeness (QED) is 0.875. The molecule has 22 heavy (non-hydrogen) atoms. The van der Waals surface area contributed by atoms with Gasteiger partial charge in [0.15, 0.2) is 0 Å². The molecule has 0 radical (unpaired) electrons. The second-order valence-electron chi connectivity index (χ2n) is 6.15. The van der Waals surface area contributed by atoms with Gasteiger partial charge in [0.25, 0.3) is 0 Å². The highest BCUT2D eigenvalue weighted by Gasteiger charge is 2.58. The van der Waals surface area contributed by atoms with Gasteiger partial charge in [0.1, 0.15) is 29.9 Å². The van der Waals surface area contributed by atoms with E-state index in [0.29, 0.717) is 12.1 Å². The number of rotatable bonds is 3. The van der Waals surface area contributed by atoms with Gasteiger partial charge < -0.3 is 4.74 Å². The van der Waals surface area contributed by atoms with E-state index in [0.717, 1.165) is 31.7 Å². The van der Waals surface area contributed by atoms with Crippen LogP contribution in [0.15, 0.2) is 30.9 Å². The third-order valence-corrected chi connectivity index (χ3v) is 4.91. The first-order valence-electron chi connectivity index (χ1n) is 7.65. The molecule has 0 N–H and O–H groups in total. The molecule has 3 atom stereocenters. The van der Waals surface area contributed by atoms with Crippen molar-refractivity contribution in [1.82, 2.24) is 14.8 Å². The number of benzene rings is 1. The number of fused-ring (bicyclic) bond motifs is 1. The Kier molecular flexibility index (Phi) is 3.22. The van der Waals surface area contributed by atoms with Crippen LogP contribution in [0.5, 0.6) is 0 Å². The second kappa shape index (κ2) is 5.12. The molecule has 1 saturated heterocycles. The van der Waals surface area contributed by atoms with Crippen molar-refractivity contribution >= 4 is 0 Å². The van der Waals surface area contributed by atoms with Gasteiger partial charge in [-0.15, -0.1) is 0 Å². The Labute approximate surface area is 127 Å². The molecule has 0 amide bonds. The van der Waals surface area contributed by atoms with Crippen molar-refractivity contribution < 1.29 is 13.5 Å². The summed E-state index contributed by atoms with van der Waals surface area (Å²) in [5.74, 6) is -0.883. The Morgan fingerprint density at radius 2 is 2.14 bits per heavy atom. The van der Waals surface area contributed by atoms with Crippen molar-refractivity contribution in [2.45, 2.75) is 43.9 Å². The maximum absolute atomic E-state index is 14.4. The lowest BCUT2D eigenvalue weighted by atomic mass is 9.66. The minimum absolute atomic E-state index is 0.168. The smallest absolute Gasteiger partial charge is 0.137 e. The summed E-state index contributed by atoms with van der Waals surface area (Å²) in [5, 5.41) is 4.12. The molecule has 4 nitrogen and oxygen atoms in total. The summed E-state index contributed by atoms with van der Waals surface area (Å²) in [6.45, 7) is 0.400. The van der Waals surface area contributed by atoms with Crippen LogP contribution < -0.4 is 0 Å². The van der Waals surface area contributed by atoms with Crippen LogP contribution in [-0.4, -0.2) is 20.9 Å². The molecule has 2 aliphatic rings. The van der Waals surface area contributed by atoms with Gasteiger partial charge in [-0.1, -0.05) is 18.9 Å². The molecule has 0 bridgehead atoms. The van der Waals surface area contributed by atoms with Crippen molar-refractivity contribution in [1.29, 1.82) is 0 Å². The zero-order valence-corrected chi connectivity index (χ0v) is 12.1. The Hall–Kier alpha value is -1.82. The van der Waals surface area contributed by atoms with Gasteiger partial charge in [-0.3, -0.25) is 0 Å². The Bertz CT molecular complexity index is 676. The lowest BCUT2D eigenvalue weighted by Gasteiger charge is -2.57. The van der Waals surface area contributed by atoms with E-state index >= 15 is 0 Å². The van der Waals surface area contributed by atoms with E-state index < -0.39 is 17.2 Å². The molecule has 1 aliphatic carbocycles. The zero-order valence-electron chi connectivity index (χ0n) is 12.1. The summed E-state index contributed by atoms with van der Waals surface area (Å²) >= 11 is 0. The van der Waals surface area contributed by atoms with E-state index in [-0.39, 0.29) is 12.0 Å². The van der Waals surface area contributed by atoms with Gasteiger partial charge in [-0.25, -0.2) is 18.4 Å². The minimum Gasteiger partial charge on any atom is -0.364 e. The van der Waals surface area contributed by atoms with Crippen molar-refractivity contribution in [2.75, 3.05) is 0 Å². The molecular weight excluding hydrogens is 288 g/mol. The van der Waals surface area contributed by atoms with E-state index in [1.807, 2.05) is 0 Å². The fourth-order valence-corrected chi connectivity index (χ4v) is 3.95. The third-order valence-electron chi connectivity index (χ3n) is 4.91. The number of hydrogen-bond donors (Lipinski definition) is 0. The van der Waals surface area contributed by atoms with E-state index in [1.165, 1.54) is 18.5 Å². The van der Waals surface area contributed by atoms with Crippen LogP contribution in [0.4, 0.5) is 8.78 Å². The van der Waals surface area contributed by atoms with Crippen LogP contribution >= 0.6 is 0 Å². The fraction of sp³-hybridized carbons (Fsp3) is 0.500. The summed E-state index contributed by atoms with van der Waals surface area (Å²) in [4.78, 5) is 3.94. The van der Waals surface area contributed by atoms with Crippen LogP contribution in [0.2, 0.25) is 0 Å². The molecule has 3 unspecified atom stereocenters. The van der Waals surface area contributed by atoms with Crippen molar-refractivity contribution in [3.05, 3.63) is 48.1 Å². The van der Waals surface area contributed by atoms with Crippen molar-refractivity contribution in [3.63, 3.8) is 0 Å². The topological polar surface area (TPSA) is 39.9 Å². The largest absolute Gasteiger partial charge is 0.364 e. The number of ether oxygens (including phenoxy) is 1. The molecule has 6 heteroatoms. The molecule has 2 heterocycles. The van der Waals surface area contributed by atoms with Crippen LogP contribution in [0.3, 0.4) is 0 Å². The molecule has 2 aromatic rings. The Morgan fingerprint density at radius 3 is 2.86 bits per heavy atom. The van der Waals surface area contributed by atoms with Crippen LogP contribution in [0.25, 0.3) is 0 Å². The number of hydrogen-bond acceptors (Lipinski definition) is 3. The Morgan fingerprint density at radius 1 is 1.27 bits per heavy atom. The first-order valence-corrected chi connectivity index (χ1v) is 7.65. The molecule has 2 fully saturated rings. The average molecular weight is 305 g/mol. The third kappa shape index (κ3) is 2.05. The summed E-state index contributed by atoms with van der Waals surface area (Å²) in [6.07, 6.45) is 7.48. The first-order chi connectivity index (χ1) is 10.7. The second-order valence-corrected chi connectivity index (χ2v) is 6.15. The highest BCUT2D eigenvalue weighted by Crippen LogP contribution is 2.54. The van der Waals surface area contributed by atoms with Crippen LogP contribution in [0, 0.1) is 17.6 Å². The lowest BCUT2D eigenvalue weighted by Crippen LogP contribution is -2.61. The molecule has 1 saturated carbocycles. The van der Waals surface area contributed by atoms with Gasteiger partial charge in [0.05, 0.1) is 12.6 Å². The summed E-state index contributed by atoms with van der Waals surface area (Å²) < 4.78 is 35.5.